The van der Waals surface area contributed by atoms with E-state index in [9.17, 15) is 9.59 Å². The second-order valence-corrected chi connectivity index (χ2v) is 7.08. The predicted molar refractivity (Wildman–Crippen MR) is 83.4 cm³/mol. The van der Waals surface area contributed by atoms with Crippen LogP contribution in [0.25, 0.3) is 0 Å². The van der Waals surface area contributed by atoms with Gasteiger partial charge in [-0.15, -0.1) is 11.3 Å². The maximum Gasteiger partial charge on any atom is 0.245 e. The number of nitrogens with one attached hydrogen (secondary N) is 1. The number of hydrogen-bond acceptors (Lipinski definition) is 3. The van der Waals surface area contributed by atoms with Gasteiger partial charge in [0.15, 0.2) is 0 Å². The Hall–Kier alpha value is -0.880. The lowest BCUT2D eigenvalue weighted by Crippen LogP contribution is -2.48. The Labute approximate surface area is 131 Å². The van der Waals surface area contributed by atoms with Gasteiger partial charge in [0.25, 0.3) is 0 Å². The molecule has 0 bridgehead atoms. The molecule has 0 spiro atoms. The van der Waals surface area contributed by atoms with Crippen molar-refractivity contribution >= 4 is 39.1 Å². The Bertz CT molecular complexity index is 503. The Morgan fingerprint density at radius 1 is 1.55 bits per heavy atom. The molecule has 2 heterocycles. The van der Waals surface area contributed by atoms with Crippen LogP contribution in [0.2, 0.25) is 0 Å². The van der Waals surface area contributed by atoms with Gasteiger partial charge in [-0.05, 0) is 27.9 Å². The van der Waals surface area contributed by atoms with Crippen LogP contribution in [0.4, 0.5) is 0 Å². The first-order chi connectivity index (χ1) is 9.51. The molecule has 1 aromatic rings. The van der Waals surface area contributed by atoms with Crippen molar-refractivity contribution in [2.45, 2.75) is 39.3 Å². The maximum atomic E-state index is 12.6. The van der Waals surface area contributed by atoms with Crippen molar-refractivity contribution in [1.82, 2.24) is 10.2 Å². The summed E-state index contributed by atoms with van der Waals surface area (Å²) in [5, 5.41) is 4.87. The fourth-order valence-electron chi connectivity index (χ4n) is 2.25. The van der Waals surface area contributed by atoms with E-state index in [1.165, 1.54) is 0 Å². The van der Waals surface area contributed by atoms with Crippen molar-refractivity contribution in [3.05, 3.63) is 20.8 Å². The topological polar surface area (TPSA) is 49.4 Å². The number of carbonyl (C=O) groups excluding carboxylic acids is 2. The number of rotatable bonds is 4. The van der Waals surface area contributed by atoms with Crippen LogP contribution >= 0.6 is 27.3 Å². The third-order valence-corrected chi connectivity index (χ3v) is 5.37. The van der Waals surface area contributed by atoms with E-state index in [2.05, 4.69) is 21.2 Å². The second kappa shape index (κ2) is 6.72. The summed E-state index contributed by atoms with van der Waals surface area (Å²) in [6, 6.07) is 1.63. The smallest absolute Gasteiger partial charge is 0.245 e. The third-order valence-electron chi connectivity index (χ3n) is 3.68. The molecule has 1 N–H and O–H groups in total. The van der Waals surface area contributed by atoms with Crippen molar-refractivity contribution in [2.24, 2.45) is 5.92 Å². The number of thiophene rings is 1. The average molecular weight is 359 g/mol. The quantitative estimate of drug-likeness (QED) is 0.899. The Morgan fingerprint density at radius 2 is 2.30 bits per heavy atom. The fourth-order valence-corrected chi connectivity index (χ4v) is 3.72. The van der Waals surface area contributed by atoms with Gasteiger partial charge in [-0.25, -0.2) is 0 Å². The Kier molecular flexibility index (Phi) is 5.21. The van der Waals surface area contributed by atoms with Crippen molar-refractivity contribution < 1.29 is 9.59 Å². The third kappa shape index (κ3) is 3.61. The molecule has 20 heavy (non-hydrogen) atoms. The van der Waals surface area contributed by atoms with Gasteiger partial charge in [0.2, 0.25) is 11.8 Å². The average Bonchev–Trinajstić information content (AvgIpc) is 2.78. The largest absolute Gasteiger partial charge is 0.344 e. The molecule has 0 saturated carbocycles. The minimum atomic E-state index is -0.390. The minimum absolute atomic E-state index is 0.0292. The van der Waals surface area contributed by atoms with E-state index in [0.717, 1.165) is 15.8 Å². The van der Waals surface area contributed by atoms with Crippen LogP contribution in [0.5, 0.6) is 0 Å². The van der Waals surface area contributed by atoms with Gasteiger partial charge in [-0.2, -0.15) is 0 Å². The molecule has 0 aromatic carbocycles. The van der Waals surface area contributed by atoms with Gasteiger partial charge >= 0.3 is 0 Å². The molecule has 1 saturated heterocycles. The molecule has 0 aliphatic carbocycles. The van der Waals surface area contributed by atoms with Gasteiger partial charge in [0, 0.05) is 27.7 Å². The molecular weight excluding hydrogens is 340 g/mol. The summed E-state index contributed by atoms with van der Waals surface area (Å²) in [5.41, 5.74) is 0. The van der Waals surface area contributed by atoms with Crippen LogP contribution in [0, 0.1) is 5.92 Å². The van der Waals surface area contributed by atoms with E-state index in [1.807, 2.05) is 25.3 Å². The molecule has 1 aromatic heterocycles. The summed E-state index contributed by atoms with van der Waals surface area (Å²) in [7, 11) is 0. The molecule has 1 fully saturated rings. The molecule has 0 radical (unpaired) electrons. The first-order valence-electron chi connectivity index (χ1n) is 6.82. The highest BCUT2D eigenvalue weighted by Gasteiger charge is 2.32. The number of amides is 2. The van der Waals surface area contributed by atoms with E-state index in [0.29, 0.717) is 19.5 Å². The molecule has 2 rings (SSSR count). The zero-order valence-corrected chi connectivity index (χ0v) is 14.1. The zero-order chi connectivity index (χ0) is 14.7. The Morgan fingerprint density at radius 3 is 2.90 bits per heavy atom. The van der Waals surface area contributed by atoms with Gasteiger partial charge in [-0.1, -0.05) is 20.3 Å². The van der Waals surface area contributed by atoms with Crippen molar-refractivity contribution in [3.8, 4) is 0 Å². The number of hydrogen-bond donors (Lipinski definition) is 1. The van der Waals surface area contributed by atoms with E-state index in [4.69, 9.17) is 0 Å². The predicted octanol–water partition coefficient (Wildman–Crippen LogP) is 2.77. The molecule has 2 amide bonds. The van der Waals surface area contributed by atoms with Gasteiger partial charge in [0.1, 0.15) is 6.04 Å². The molecule has 2 unspecified atom stereocenters. The first-order valence-corrected chi connectivity index (χ1v) is 8.49. The SMILES string of the molecule is CCC(C)C1NC(=O)CCN(Cc2cc(Br)cs2)C1=O. The van der Waals surface area contributed by atoms with Crippen molar-refractivity contribution in [3.63, 3.8) is 0 Å². The van der Waals surface area contributed by atoms with E-state index in [1.54, 1.807) is 16.2 Å². The fraction of sp³-hybridized carbons (Fsp3) is 0.571. The number of halogens is 1. The maximum absolute atomic E-state index is 12.6. The summed E-state index contributed by atoms with van der Waals surface area (Å²) in [5.74, 6) is 0.162. The molecular formula is C14H19BrN2O2S. The standard InChI is InChI=1S/C14H19BrN2O2S/c1-3-9(2)13-14(19)17(5-4-12(18)16-13)7-11-6-10(15)8-20-11/h6,8-9,13H,3-5,7H2,1-2H3,(H,16,18). The summed E-state index contributed by atoms with van der Waals surface area (Å²) in [6.07, 6.45) is 1.25. The van der Waals surface area contributed by atoms with Crippen molar-refractivity contribution in [2.75, 3.05) is 6.54 Å². The number of nitrogens with zero attached hydrogens (tertiary/aromatic N) is 1. The summed E-state index contributed by atoms with van der Waals surface area (Å²) in [6.45, 7) is 5.12. The highest BCUT2D eigenvalue weighted by molar-refractivity contribution is 9.10. The zero-order valence-electron chi connectivity index (χ0n) is 11.7. The molecule has 4 nitrogen and oxygen atoms in total. The van der Waals surface area contributed by atoms with Crippen LogP contribution in [0.1, 0.15) is 31.6 Å². The summed E-state index contributed by atoms with van der Waals surface area (Å²) >= 11 is 5.05. The van der Waals surface area contributed by atoms with E-state index < -0.39 is 6.04 Å². The lowest BCUT2D eigenvalue weighted by atomic mass is 9.98. The number of carbonyl (C=O) groups is 2. The molecule has 6 heteroatoms. The summed E-state index contributed by atoms with van der Waals surface area (Å²) in [4.78, 5) is 27.3. The van der Waals surface area contributed by atoms with Gasteiger partial charge in [-0.3, -0.25) is 9.59 Å². The highest BCUT2D eigenvalue weighted by Crippen LogP contribution is 2.23. The lowest BCUT2D eigenvalue weighted by Gasteiger charge is -2.26. The monoisotopic (exact) mass is 358 g/mol. The van der Waals surface area contributed by atoms with E-state index >= 15 is 0 Å². The molecule has 110 valence electrons. The van der Waals surface area contributed by atoms with Crippen LogP contribution < -0.4 is 5.32 Å². The van der Waals surface area contributed by atoms with Crippen molar-refractivity contribution in [1.29, 1.82) is 0 Å². The molecule has 2 atom stereocenters. The molecule has 1 aliphatic rings. The van der Waals surface area contributed by atoms with Crippen LogP contribution in [0.15, 0.2) is 15.9 Å². The summed E-state index contributed by atoms with van der Waals surface area (Å²) < 4.78 is 1.03. The lowest BCUT2D eigenvalue weighted by molar-refractivity contribution is -0.135. The van der Waals surface area contributed by atoms with Gasteiger partial charge < -0.3 is 10.2 Å². The first kappa shape index (κ1) is 15.5. The van der Waals surface area contributed by atoms with Crippen LogP contribution in [-0.4, -0.2) is 29.3 Å². The normalized spacial score (nSPS) is 21.6. The molecule has 1 aliphatic heterocycles. The second-order valence-electron chi connectivity index (χ2n) is 5.17. The minimum Gasteiger partial charge on any atom is -0.344 e. The highest BCUT2D eigenvalue weighted by atomic mass is 79.9. The van der Waals surface area contributed by atoms with E-state index in [-0.39, 0.29) is 17.7 Å². The van der Waals surface area contributed by atoms with Crippen LogP contribution in [0.3, 0.4) is 0 Å². The van der Waals surface area contributed by atoms with Gasteiger partial charge in [0.05, 0.1) is 6.54 Å². The Balaban J connectivity index is 2.14. The van der Waals surface area contributed by atoms with Crippen LogP contribution in [-0.2, 0) is 16.1 Å².